The summed E-state index contributed by atoms with van der Waals surface area (Å²) in [6.07, 6.45) is -2.01. The Labute approximate surface area is 241 Å². The maximum Gasteiger partial charge on any atom is 0.397 e. The van der Waals surface area contributed by atoms with Crippen LogP contribution in [-0.4, -0.2) is 61.1 Å². The van der Waals surface area contributed by atoms with Gasteiger partial charge in [-0.1, -0.05) is 19.1 Å². The van der Waals surface area contributed by atoms with Crippen molar-refractivity contribution in [3.63, 3.8) is 0 Å². The van der Waals surface area contributed by atoms with Crippen molar-refractivity contribution in [1.82, 2.24) is 19.5 Å². The van der Waals surface area contributed by atoms with E-state index in [0.29, 0.717) is 6.54 Å². The molecule has 1 amide bonds. The monoisotopic (exact) mass is 607 g/mol. The summed E-state index contributed by atoms with van der Waals surface area (Å²) in [6, 6.07) is 10.3. The maximum absolute atomic E-state index is 13.5. The predicted molar refractivity (Wildman–Crippen MR) is 147 cm³/mol. The number of anilines is 1. The first-order chi connectivity index (χ1) is 19.7. The van der Waals surface area contributed by atoms with Crippen LogP contribution in [0, 0.1) is 11.3 Å². The van der Waals surface area contributed by atoms with Gasteiger partial charge in [0.1, 0.15) is 28.5 Å². The number of carbonyl (C=O) groups is 1. The normalized spacial score (nSPS) is 19.4. The molecule has 0 spiro atoms. The summed E-state index contributed by atoms with van der Waals surface area (Å²) in [5, 5.41) is 4.24. The van der Waals surface area contributed by atoms with Gasteiger partial charge in [-0.05, 0) is 63.3 Å². The lowest BCUT2D eigenvalue weighted by Gasteiger charge is -2.34. The Morgan fingerprint density at radius 3 is 2.48 bits per heavy atom. The molecule has 1 aromatic carbocycles. The van der Waals surface area contributed by atoms with Crippen LogP contribution in [0.25, 0.3) is 5.82 Å². The average molecular weight is 608 g/mol. The van der Waals surface area contributed by atoms with E-state index in [9.17, 15) is 26.4 Å². The van der Waals surface area contributed by atoms with Crippen molar-refractivity contribution in [2.45, 2.75) is 56.6 Å². The van der Waals surface area contributed by atoms with Gasteiger partial charge in [-0.3, -0.25) is 4.79 Å². The standard InChI is InChI=1S/C28H32F3N5O5S/c1-18-15-26(2,3)35(16-18)24-19(25(37)34-42(38,39)21-8-6-5-7-20(21)40-4)9-10-22(32-24)36-14-11-23(33-36)41-17-27(12-13-27)28(29,30)31/h5-11,14,18H,12-13,15-17H2,1-4H3,(H,34,37)/t18-/m0/s1. The number of benzene rings is 1. The Morgan fingerprint density at radius 2 is 1.86 bits per heavy atom. The lowest BCUT2D eigenvalue weighted by Crippen LogP contribution is -2.41. The fourth-order valence-electron chi connectivity index (χ4n) is 5.37. The second kappa shape index (κ2) is 10.5. The molecule has 226 valence electrons. The molecule has 5 rings (SSSR count). The van der Waals surface area contributed by atoms with Crippen molar-refractivity contribution in [2.75, 3.05) is 25.2 Å². The zero-order valence-electron chi connectivity index (χ0n) is 23.6. The van der Waals surface area contributed by atoms with E-state index in [1.165, 1.54) is 54.4 Å². The summed E-state index contributed by atoms with van der Waals surface area (Å²) in [6.45, 7) is 6.13. The van der Waals surface area contributed by atoms with Crippen LogP contribution in [0.4, 0.5) is 19.0 Å². The van der Waals surface area contributed by atoms with Crippen LogP contribution < -0.4 is 19.1 Å². The van der Waals surface area contributed by atoms with Gasteiger partial charge in [0.05, 0.1) is 12.7 Å². The maximum atomic E-state index is 13.5. The number of nitrogens with one attached hydrogen (secondary N) is 1. The van der Waals surface area contributed by atoms with E-state index in [0.717, 1.165) is 6.42 Å². The summed E-state index contributed by atoms with van der Waals surface area (Å²) in [7, 11) is -2.97. The van der Waals surface area contributed by atoms with Gasteiger partial charge in [0.25, 0.3) is 15.9 Å². The number of sulfonamides is 1. The molecule has 2 aliphatic rings. The highest BCUT2D eigenvalue weighted by Crippen LogP contribution is 2.57. The van der Waals surface area contributed by atoms with Gasteiger partial charge >= 0.3 is 6.18 Å². The van der Waals surface area contributed by atoms with Crippen LogP contribution in [0.5, 0.6) is 11.6 Å². The minimum atomic E-state index is -4.35. The van der Waals surface area contributed by atoms with E-state index >= 15 is 0 Å². The van der Waals surface area contributed by atoms with E-state index in [2.05, 4.69) is 16.7 Å². The predicted octanol–water partition coefficient (Wildman–Crippen LogP) is 4.74. The van der Waals surface area contributed by atoms with Gasteiger partial charge in [0.2, 0.25) is 5.88 Å². The smallest absolute Gasteiger partial charge is 0.397 e. The number of amides is 1. The molecule has 1 saturated heterocycles. The minimum absolute atomic E-state index is 0.00807. The Morgan fingerprint density at radius 1 is 1.14 bits per heavy atom. The molecule has 1 aliphatic heterocycles. The molecule has 0 radical (unpaired) electrons. The summed E-state index contributed by atoms with van der Waals surface area (Å²) >= 11 is 0. The number of hydrogen-bond donors (Lipinski definition) is 1. The summed E-state index contributed by atoms with van der Waals surface area (Å²) < 4.78 is 80.2. The van der Waals surface area contributed by atoms with Crippen molar-refractivity contribution >= 4 is 21.7 Å². The van der Waals surface area contributed by atoms with E-state index in [1.54, 1.807) is 6.07 Å². The quantitative estimate of drug-likeness (QED) is 0.371. The number of carbonyl (C=O) groups excluding carboxylic acids is 1. The molecule has 1 N–H and O–H groups in total. The lowest BCUT2D eigenvalue weighted by atomic mass is 9.97. The molecule has 1 saturated carbocycles. The average Bonchev–Trinajstić information content (AvgIpc) is 3.50. The van der Waals surface area contributed by atoms with Crippen molar-refractivity contribution in [1.29, 1.82) is 0 Å². The van der Waals surface area contributed by atoms with Crippen molar-refractivity contribution in [2.24, 2.45) is 11.3 Å². The number of aromatic nitrogens is 3. The van der Waals surface area contributed by atoms with Gasteiger partial charge in [-0.2, -0.15) is 13.2 Å². The largest absolute Gasteiger partial charge is 0.495 e. The number of methoxy groups -OCH3 is 1. The van der Waals surface area contributed by atoms with Crippen LogP contribution >= 0.6 is 0 Å². The van der Waals surface area contributed by atoms with Crippen molar-refractivity contribution in [3.8, 4) is 17.4 Å². The first-order valence-corrected chi connectivity index (χ1v) is 14.9. The zero-order valence-corrected chi connectivity index (χ0v) is 24.4. The molecule has 3 aromatic rings. The van der Waals surface area contributed by atoms with Crippen LogP contribution in [-0.2, 0) is 10.0 Å². The highest BCUT2D eigenvalue weighted by Gasteiger charge is 2.64. The van der Waals surface area contributed by atoms with Crippen molar-refractivity contribution < 1.29 is 35.9 Å². The molecule has 2 fully saturated rings. The topological polar surface area (TPSA) is 116 Å². The molecular weight excluding hydrogens is 575 g/mol. The van der Waals surface area contributed by atoms with Crippen LogP contribution in [0.3, 0.4) is 0 Å². The van der Waals surface area contributed by atoms with Gasteiger partial charge in [-0.15, -0.1) is 5.10 Å². The number of ether oxygens (including phenoxy) is 2. The highest BCUT2D eigenvalue weighted by molar-refractivity contribution is 7.90. The van der Waals surface area contributed by atoms with Crippen LogP contribution in [0.15, 0.2) is 53.6 Å². The van der Waals surface area contributed by atoms with Crippen molar-refractivity contribution in [3.05, 3.63) is 54.2 Å². The minimum Gasteiger partial charge on any atom is -0.495 e. The first kappa shape index (κ1) is 29.7. The number of hydrogen-bond acceptors (Lipinski definition) is 8. The molecule has 14 heteroatoms. The fourth-order valence-corrected chi connectivity index (χ4v) is 6.50. The Bertz CT molecular complexity index is 1600. The second-order valence-corrected chi connectivity index (χ2v) is 13.2. The summed E-state index contributed by atoms with van der Waals surface area (Å²) in [5.74, 6) is 0.00977. The third kappa shape index (κ3) is 5.63. The molecular formula is C28H32F3N5O5S. The molecule has 2 aromatic heterocycles. The third-order valence-corrected chi connectivity index (χ3v) is 9.14. The third-order valence-electron chi connectivity index (χ3n) is 7.77. The second-order valence-electron chi connectivity index (χ2n) is 11.5. The fraction of sp³-hybridized carbons (Fsp3) is 0.464. The lowest BCUT2D eigenvalue weighted by molar-refractivity contribution is -0.194. The van der Waals surface area contributed by atoms with Crippen LogP contribution in [0.1, 0.15) is 50.4 Å². The molecule has 3 heterocycles. The molecule has 0 bridgehead atoms. The van der Waals surface area contributed by atoms with Gasteiger partial charge in [0, 0.05) is 24.3 Å². The van der Waals surface area contributed by atoms with E-state index in [4.69, 9.17) is 14.5 Å². The molecule has 0 unspecified atom stereocenters. The number of alkyl halides is 3. The molecule has 1 aliphatic carbocycles. The Kier molecular flexibility index (Phi) is 7.40. The van der Waals surface area contributed by atoms with Gasteiger partial charge in [-0.25, -0.2) is 22.8 Å². The highest BCUT2D eigenvalue weighted by atomic mass is 32.2. The number of para-hydroxylation sites is 1. The number of nitrogens with zero attached hydrogens (tertiary/aromatic N) is 4. The summed E-state index contributed by atoms with van der Waals surface area (Å²) in [5.41, 5.74) is -2.21. The molecule has 10 nitrogen and oxygen atoms in total. The molecule has 42 heavy (non-hydrogen) atoms. The Balaban J connectivity index is 1.46. The molecule has 1 atom stereocenters. The van der Waals surface area contributed by atoms with E-state index in [-0.39, 0.29) is 52.5 Å². The summed E-state index contributed by atoms with van der Waals surface area (Å²) in [4.78, 5) is 19.9. The van der Waals surface area contributed by atoms with E-state index < -0.39 is 39.7 Å². The number of rotatable bonds is 9. The SMILES string of the molecule is COc1ccccc1S(=O)(=O)NC(=O)c1ccc(-n2ccc(OCC3(C(F)(F)F)CC3)n2)nc1N1C[C@@H](C)CC1(C)C. The van der Waals surface area contributed by atoms with Crippen LogP contribution in [0.2, 0.25) is 0 Å². The number of pyridine rings is 1. The number of halogens is 3. The zero-order chi connectivity index (χ0) is 30.5. The van der Waals surface area contributed by atoms with E-state index in [1.807, 2.05) is 18.7 Å². The van der Waals surface area contributed by atoms with Gasteiger partial charge in [0.15, 0.2) is 5.82 Å². The Hall–Kier alpha value is -3.81. The van der Waals surface area contributed by atoms with Gasteiger partial charge < -0.3 is 14.4 Å². The first-order valence-electron chi connectivity index (χ1n) is 13.4.